The number of aromatic nitrogens is 3. The number of pyridine rings is 1. The van der Waals surface area contributed by atoms with Gasteiger partial charge in [-0.3, -0.25) is 4.98 Å². The third-order valence-corrected chi connectivity index (χ3v) is 17.7. The first-order valence-corrected chi connectivity index (χ1v) is 31.4. The zero-order chi connectivity index (χ0) is 48.3. The molecule has 0 radical (unpaired) electrons. The average molecular weight is 953 g/mol. The first kappa shape index (κ1) is 46.6. The van der Waals surface area contributed by atoms with Crippen LogP contribution in [0, 0.1) is 0 Å². The quantitative estimate of drug-likeness (QED) is 0.154. The minimum Gasteiger partial charge on any atom is -0.0505 e. The summed E-state index contributed by atoms with van der Waals surface area (Å²) in [6.45, 7) is 20.0. The molecule has 0 aliphatic carbocycles. The topological polar surface area (TPSA) is 50.9 Å². The number of phenolic OH excluding ortho intramolecular Hbond substituents is 1. The fourth-order valence-electron chi connectivity index (χ4n) is 9.25. The SMILES string of the molecule is CC(C)(C)c1cc(-c2cc(-c3ccccc3)ccn2)cc(-c2cccc3c2nc(-c2cc(C(C)(C)C)cc(C(C)(C)C)c2O)n3-c2ccc(-c3cc[c]([Ge]([CH3])([CH3])[CH3])cc3)cc2-c2ccccc2)c1. The summed E-state index contributed by atoms with van der Waals surface area (Å²) in [5, 5.41) is 12.6. The van der Waals surface area contributed by atoms with Crippen LogP contribution in [0.2, 0.25) is 17.3 Å². The molecule has 2 aromatic heterocycles. The summed E-state index contributed by atoms with van der Waals surface area (Å²) >= 11 is -2.02. The first-order chi connectivity index (χ1) is 32.1. The van der Waals surface area contributed by atoms with Crippen LogP contribution in [0.3, 0.4) is 0 Å². The van der Waals surface area contributed by atoms with Gasteiger partial charge in [0.2, 0.25) is 0 Å². The van der Waals surface area contributed by atoms with Gasteiger partial charge in [-0.15, -0.1) is 0 Å². The molecule has 0 fully saturated rings. The van der Waals surface area contributed by atoms with Crippen molar-refractivity contribution < 1.29 is 5.11 Å². The molecule has 0 aliphatic heterocycles. The summed E-state index contributed by atoms with van der Waals surface area (Å²) in [6, 6.07) is 59.3. The monoisotopic (exact) mass is 953 g/mol. The molecule has 0 spiro atoms. The Morgan fingerprint density at radius 2 is 1.04 bits per heavy atom. The van der Waals surface area contributed by atoms with Gasteiger partial charge in [-0.05, 0) is 68.3 Å². The molecule has 1 N–H and O–H groups in total. The van der Waals surface area contributed by atoms with Crippen molar-refractivity contribution in [2.75, 3.05) is 0 Å². The Bertz CT molecular complexity index is 3300. The third-order valence-electron chi connectivity index (χ3n) is 13.4. The Morgan fingerprint density at radius 1 is 0.456 bits per heavy atom. The molecule has 2 heterocycles. The molecule has 342 valence electrons. The van der Waals surface area contributed by atoms with Gasteiger partial charge in [-0.25, -0.2) is 0 Å². The Kier molecular flexibility index (Phi) is 12.0. The van der Waals surface area contributed by atoms with Crippen molar-refractivity contribution in [1.29, 1.82) is 0 Å². The summed E-state index contributed by atoms with van der Waals surface area (Å²) in [4.78, 5) is 10.7. The second kappa shape index (κ2) is 17.5. The number of hydrogen-bond donors (Lipinski definition) is 1. The van der Waals surface area contributed by atoms with Crippen molar-refractivity contribution in [2.45, 2.75) is 95.8 Å². The van der Waals surface area contributed by atoms with Gasteiger partial charge >= 0.3 is 197 Å². The van der Waals surface area contributed by atoms with Gasteiger partial charge in [0.05, 0.1) is 5.69 Å². The van der Waals surface area contributed by atoms with Crippen molar-refractivity contribution in [3.8, 4) is 78.6 Å². The Morgan fingerprint density at radius 3 is 1.68 bits per heavy atom. The molecule has 4 nitrogen and oxygen atoms in total. The van der Waals surface area contributed by atoms with E-state index in [0.29, 0.717) is 11.4 Å². The van der Waals surface area contributed by atoms with E-state index in [-0.39, 0.29) is 22.0 Å². The standard InChI is InChI=1S/C63H65GeN3O/c1-61(2,3)48-35-46(34-47(36-48)55-38-45(32-33-65-55)41-20-15-13-16-21-41)51-24-19-25-57-58(51)66-60(53-39-49(62(4,5)6)40-54(59(53)68)63(7,8)9)67(57)56-31-28-44(37-52(56)43-22-17-14-18-23-43)42-26-29-50(30-27-42)64(10,11)12/h13-40,68H,1-12H3. The van der Waals surface area contributed by atoms with Crippen LogP contribution in [0.15, 0.2) is 170 Å². The minimum atomic E-state index is -2.02. The molecule has 9 rings (SSSR count). The summed E-state index contributed by atoms with van der Waals surface area (Å²) in [5.74, 6) is 8.27. The molecule has 0 saturated carbocycles. The summed E-state index contributed by atoms with van der Waals surface area (Å²) in [5.41, 5.74) is 16.9. The van der Waals surface area contributed by atoms with Gasteiger partial charge in [0.15, 0.2) is 0 Å². The van der Waals surface area contributed by atoms with Crippen LogP contribution >= 0.6 is 0 Å². The van der Waals surface area contributed by atoms with Crippen LogP contribution in [0.25, 0.3) is 83.9 Å². The molecule has 0 saturated heterocycles. The predicted octanol–water partition coefficient (Wildman–Crippen LogP) is 16.6. The van der Waals surface area contributed by atoms with Crippen LogP contribution in [-0.4, -0.2) is 32.9 Å². The van der Waals surface area contributed by atoms with Gasteiger partial charge in [0, 0.05) is 17.3 Å². The number of benzene rings is 7. The molecular weight excluding hydrogens is 887 g/mol. The van der Waals surface area contributed by atoms with Gasteiger partial charge < -0.3 is 5.11 Å². The molecule has 7 aromatic carbocycles. The maximum atomic E-state index is 12.6. The van der Waals surface area contributed by atoms with E-state index in [0.717, 1.165) is 78.0 Å². The molecule has 68 heavy (non-hydrogen) atoms. The zero-order valence-electron chi connectivity index (χ0n) is 42.0. The Balaban J connectivity index is 1.35. The molecule has 0 aliphatic rings. The zero-order valence-corrected chi connectivity index (χ0v) is 44.1. The average Bonchev–Trinajstić information content (AvgIpc) is 3.70. The van der Waals surface area contributed by atoms with E-state index >= 15 is 0 Å². The number of aromatic hydroxyl groups is 1. The Labute approximate surface area is 407 Å². The summed E-state index contributed by atoms with van der Waals surface area (Å²) < 4.78 is 3.79. The van der Waals surface area contributed by atoms with Gasteiger partial charge in [0.25, 0.3) is 0 Å². The number of fused-ring (bicyclic) bond motifs is 1. The van der Waals surface area contributed by atoms with Crippen LogP contribution < -0.4 is 4.40 Å². The fourth-order valence-corrected chi connectivity index (χ4v) is 11.7. The van der Waals surface area contributed by atoms with E-state index in [9.17, 15) is 5.11 Å². The van der Waals surface area contributed by atoms with Gasteiger partial charge in [-0.1, -0.05) is 111 Å². The Hall–Kier alpha value is -6.50. The number of hydrogen-bond acceptors (Lipinski definition) is 3. The summed E-state index contributed by atoms with van der Waals surface area (Å²) in [6.07, 6.45) is 1.92. The van der Waals surface area contributed by atoms with E-state index in [2.05, 4.69) is 248 Å². The van der Waals surface area contributed by atoms with E-state index in [1.165, 1.54) is 15.5 Å². The summed E-state index contributed by atoms with van der Waals surface area (Å²) in [7, 11) is 0. The third kappa shape index (κ3) is 9.23. The molecule has 5 heteroatoms. The van der Waals surface area contributed by atoms with Crippen LogP contribution in [0.5, 0.6) is 5.75 Å². The van der Waals surface area contributed by atoms with Crippen molar-refractivity contribution in [2.24, 2.45) is 0 Å². The number of phenols is 1. The van der Waals surface area contributed by atoms with E-state index < -0.39 is 13.3 Å². The second-order valence-electron chi connectivity index (χ2n) is 22.6. The van der Waals surface area contributed by atoms with Crippen LogP contribution in [-0.2, 0) is 16.2 Å². The van der Waals surface area contributed by atoms with Crippen molar-refractivity contribution in [3.05, 3.63) is 187 Å². The van der Waals surface area contributed by atoms with Gasteiger partial charge in [0.1, 0.15) is 0 Å². The van der Waals surface area contributed by atoms with Crippen molar-refractivity contribution in [1.82, 2.24) is 14.5 Å². The number of imidazole rings is 1. The van der Waals surface area contributed by atoms with E-state index in [4.69, 9.17) is 9.97 Å². The maximum absolute atomic E-state index is 12.6. The molecule has 0 unspecified atom stereocenters. The smallest absolute Gasteiger partial charge is 0.0505 e. The molecule has 0 bridgehead atoms. The largest absolute Gasteiger partial charge is 0.0505 e. The molecule has 9 aromatic rings. The molecular formula is C63H65GeN3O. The number of para-hydroxylation sites is 1. The van der Waals surface area contributed by atoms with Crippen molar-refractivity contribution >= 4 is 28.7 Å². The molecule has 0 amide bonds. The fraction of sp³-hybridized carbons (Fsp3) is 0.238. The second-order valence-corrected chi connectivity index (χ2v) is 33.3. The van der Waals surface area contributed by atoms with Crippen LogP contribution in [0.1, 0.15) is 79.0 Å². The van der Waals surface area contributed by atoms with E-state index in [1.807, 2.05) is 6.20 Å². The number of nitrogens with zero attached hydrogens (tertiary/aromatic N) is 3. The minimum absolute atomic E-state index is 0.148. The normalized spacial score (nSPS) is 12.5. The van der Waals surface area contributed by atoms with Crippen LogP contribution in [0.4, 0.5) is 0 Å². The first-order valence-electron chi connectivity index (χ1n) is 24.0. The van der Waals surface area contributed by atoms with Gasteiger partial charge in [-0.2, -0.15) is 0 Å². The number of rotatable bonds is 8. The van der Waals surface area contributed by atoms with Crippen molar-refractivity contribution in [3.63, 3.8) is 0 Å². The molecule has 0 atom stereocenters. The maximum Gasteiger partial charge on any atom is -0.0505 e. The van der Waals surface area contributed by atoms with E-state index in [1.54, 1.807) is 0 Å². The predicted molar refractivity (Wildman–Crippen MR) is 292 cm³/mol.